The number of para-hydroxylation sites is 1. The second-order valence-corrected chi connectivity index (χ2v) is 9.67. The summed E-state index contributed by atoms with van der Waals surface area (Å²) in [5.74, 6) is 0.0497. The minimum Gasteiger partial charge on any atom is -0.340 e. The molecule has 1 N–H and O–H groups in total. The van der Waals surface area contributed by atoms with Crippen molar-refractivity contribution >= 4 is 17.6 Å². The number of nitrogens with one attached hydrogen (secondary N) is 1. The number of likely N-dealkylation sites (tertiary alicyclic amines) is 1. The van der Waals surface area contributed by atoms with Gasteiger partial charge in [-0.15, -0.1) is 0 Å². The van der Waals surface area contributed by atoms with E-state index in [0.717, 1.165) is 31.6 Å². The van der Waals surface area contributed by atoms with Crippen molar-refractivity contribution in [2.24, 2.45) is 5.92 Å². The quantitative estimate of drug-likeness (QED) is 0.565. The minimum absolute atomic E-state index is 0.128. The van der Waals surface area contributed by atoms with E-state index in [1.54, 1.807) is 4.90 Å². The standard InChI is InChI=1S/C30H34N4O2/c35-29(26-15-10-18-34(23-26)30(36)31-27-16-8-3-9-17-27)33-21-19-32(20-22-33)28(24-11-4-1-5-12-24)25-13-6-2-7-14-25/h1-9,11-14,16-17,26,28H,10,15,18-23H2,(H,31,36). The zero-order valence-electron chi connectivity index (χ0n) is 20.6. The predicted molar refractivity (Wildman–Crippen MR) is 143 cm³/mol. The topological polar surface area (TPSA) is 55.9 Å². The second-order valence-electron chi connectivity index (χ2n) is 9.67. The van der Waals surface area contributed by atoms with E-state index in [-0.39, 0.29) is 23.9 Å². The maximum atomic E-state index is 13.4. The lowest BCUT2D eigenvalue weighted by Crippen LogP contribution is -2.54. The smallest absolute Gasteiger partial charge is 0.321 e. The molecule has 2 heterocycles. The zero-order chi connectivity index (χ0) is 24.7. The van der Waals surface area contributed by atoms with E-state index in [1.807, 2.05) is 35.2 Å². The van der Waals surface area contributed by atoms with Gasteiger partial charge in [0.1, 0.15) is 0 Å². The monoisotopic (exact) mass is 482 g/mol. The number of piperazine rings is 1. The molecule has 0 aromatic heterocycles. The Kier molecular flexibility index (Phi) is 7.62. The van der Waals surface area contributed by atoms with Gasteiger partial charge in [0.2, 0.25) is 5.91 Å². The Morgan fingerprint density at radius 1 is 0.694 bits per heavy atom. The molecule has 2 saturated heterocycles. The van der Waals surface area contributed by atoms with Crippen LogP contribution in [0.1, 0.15) is 30.0 Å². The molecule has 36 heavy (non-hydrogen) atoms. The van der Waals surface area contributed by atoms with Crippen molar-refractivity contribution in [1.29, 1.82) is 0 Å². The van der Waals surface area contributed by atoms with Gasteiger partial charge in [-0.25, -0.2) is 4.79 Å². The van der Waals surface area contributed by atoms with Gasteiger partial charge in [-0.05, 0) is 36.1 Å². The van der Waals surface area contributed by atoms with Gasteiger partial charge < -0.3 is 15.1 Å². The molecule has 6 heteroatoms. The summed E-state index contributed by atoms with van der Waals surface area (Å²) in [5, 5.41) is 2.96. The lowest BCUT2D eigenvalue weighted by molar-refractivity contribution is -0.138. The number of piperidine rings is 1. The molecule has 1 unspecified atom stereocenters. The number of benzene rings is 3. The average Bonchev–Trinajstić information content (AvgIpc) is 2.95. The Balaban J connectivity index is 1.20. The first-order valence-corrected chi connectivity index (χ1v) is 12.9. The SMILES string of the molecule is O=C(Nc1ccccc1)N1CCCC(C(=O)N2CCN(C(c3ccccc3)c3ccccc3)CC2)C1. The number of rotatable bonds is 5. The van der Waals surface area contributed by atoms with Crippen LogP contribution in [0.5, 0.6) is 0 Å². The number of hydrogen-bond acceptors (Lipinski definition) is 3. The van der Waals surface area contributed by atoms with Gasteiger partial charge in [0.25, 0.3) is 0 Å². The number of nitrogens with zero attached hydrogens (tertiary/aromatic N) is 3. The first-order chi connectivity index (χ1) is 17.7. The van der Waals surface area contributed by atoms with Crippen LogP contribution in [0.4, 0.5) is 10.5 Å². The van der Waals surface area contributed by atoms with Crippen LogP contribution < -0.4 is 5.32 Å². The Labute approximate surface area is 213 Å². The third kappa shape index (κ3) is 5.60. The number of urea groups is 1. The molecule has 3 aromatic carbocycles. The van der Waals surface area contributed by atoms with Crippen molar-refractivity contribution in [2.45, 2.75) is 18.9 Å². The van der Waals surface area contributed by atoms with Crippen molar-refractivity contribution in [2.75, 3.05) is 44.6 Å². The van der Waals surface area contributed by atoms with E-state index in [1.165, 1.54) is 11.1 Å². The molecule has 0 radical (unpaired) electrons. The van der Waals surface area contributed by atoms with E-state index in [2.05, 4.69) is 70.9 Å². The van der Waals surface area contributed by atoms with Crippen LogP contribution in [0.3, 0.4) is 0 Å². The lowest BCUT2D eigenvalue weighted by Gasteiger charge is -2.41. The normalized spacial score (nSPS) is 18.8. The fraction of sp³-hybridized carbons (Fsp3) is 0.333. The van der Waals surface area contributed by atoms with Gasteiger partial charge >= 0.3 is 6.03 Å². The highest BCUT2D eigenvalue weighted by Gasteiger charge is 2.34. The van der Waals surface area contributed by atoms with Crippen molar-refractivity contribution < 1.29 is 9.59 Å². The number of carbonyl (C=O) groups excluding carboxylic acids is 2. The highest BCUT2D eigenvalue weighted by atomic mass is 16.2. The van der Waals surface area contributed by atoms with Crippen LogP contribution in [0.2, 0.25) is 0 Å². The van der Waals surface area contributed by atoms with E-state index >= 15 is 0 Å². The molecule has 186 valence electrons. The number of amides is 3. The largest absolute Gasteiger partial charge is 0.340 e. The van der Waals surface area contributed by atoms with Crippen molar-refractivity contribution in [1.82, 2.24) is 14.7 Å². The fourth-order valence-corrected chi connectivity index (χ4v) is 5.43. The van der Waals surface area contributed by atoms with E-state index in [9.17, 15) is 9.59 Å². The molecular formula is C30H34N4O2. The summed E-state index contributed by atoms with van der Waals surface area (Å²) < 4.78 is 0. The molecule has 0 aliphatic carbocycles. The Morgan fingerprint density at radius 2 is 1.25 bits per heavy atom. The molecule has 2 aliphatic rings. The Bertz CT molecular complexity index is 1090. The summed E-state index contributed by atoms with van der Waals surface area (Å²) in [7, 11) is 0. The number of anilines is 1. The summed E-state index contributed by atoms with van der Waals surface area (Å²) >= 11 is 0. The minimum atomic E-state index is -0.133. The van der Waals surface area contributed by atoms with Crippen molar-refractivity contribution in [3.63, 3.8) is 0 Å². The summed E-state index contributed by atoms with van der Waals surface area (Å²) in [6, 6.07) is 30.7. The van der Waals surface area contributed by atoms with E-state index in [0.29, 0.717) is 26.2 Å². The first kappa shape index (κ1) is 24.1. The van der Waals surface area contributed by atoms with Crippen LogP contribution in [0.25, 0.3) is 0 Å². The van der Waals surface area contributed by atoms with E-state index in [4.69, 9.17) is 0 Å². The van der Waals surface area contributed by atoms with Crippen LogP contribution in [-0.2, 0) is 4.79 Å². The van der Waals surface area contributed by atoms with E-state index < -0.39 is 0 Å². The fourth-order valence-electron chi connectivity index (χ4n) is 5.43. The predicted octanol–water partition coefficient (Wildman–Crippen LogP) is 4.86. The Morgan fingerprint density at radius 3 is 1.83 bits per heavy atom. The molecule has 0 bridgehead atoms. The molecule has 5 rings (SSSR count). The first-order valence-electron chi connectivity index (χ1n) is 12.9. The summed E-state index contributed by atoms with van der Waals surface area (Å²) in [5.41, 5.74) is 3.32. The number of carbonyl (C=O) groups is 2. The average molecular weight is 483 g/mol. The molecule has 1 atom stereocenters. The molecule has 0 saturated carbocycles. The lowest BCUT2D eigenvalue weighted by atomic mass is 9.95. The molecule has 6 nitrogen and oxygen atoms in total. The molecular weight excluding hydrogens is 448 g/mol. The van der Waals surface area contributed by atoms with Gasteiger partial charge in [-0.3, -0.25) is 9.69 Å². The summed E-state index contributed by atoms with van der Waals surface area (Å²) in [4.78, 5) is 32.5. The molecule has 3 aromatic rings. The van der Waals surface area contributed by atoms with Gasteiger partial charge in [0.05, 0.1) is 12.0 Å². The summed E-state index contributed by atoms with van der Waals surface area (Å²) in [6.45, 7) is 4.24. The molecule has 2 fully saturated rings. The summed E-state index contributed by atoms with van der Waals surface area (Å²) in [6.07, 6.45) is 1.69. The van der Waals surface area contributed by atoms with Crippen molar-refractivity contribution in [3.8, 4) is 0 Å². The van der Waals surface area contributed by atoms with Crippen molar-refractivity contribution in [3.05, 3.63) is 102 Å². The van der Waals surface area contributed by atoms with Crippen LogP contribution in [0.15, 0.2) is 91.0 Å². The molecule has 0 spiro atoms. The van der Waals surface area contributed by atoms with Gasteiger partial charge in [-0.2, -0.15) is 0 Å². The maximum Gasteiger partial charge on any atom is 0.321 e. The second kappa shape index (κ2) is 11.4. The van der Waals surface area contributed by atoms with Gasteiger partial charge in [-0.1, -0.05) is 78.9 Å². The number of hydrogen-bond donors (Lipinski definition) is 1. The highest BCUT2D eigenvalue weighted by molar-refractivity contribution is 5.90. The molecule has 3 amide bonds. The third-order valence-corrected chi connectivity index (χ3v) is 7.30. The maximum absolute atomic E-state index is 13.4. The molecule has 2 aliphatic heterocycles. The van der Waals surface area contributed by atoms with Crippen LogP contribution in [-0.4, -0.2) is 65.9 Å². The zero-order valence-corrected chi connectivity index (χ0v) is 20.6. The Hall–Kier alpha value is -3.64. The van der Waals surface area contributed by atoms with Gasteiger partial charge in [0, 0.05) is 45.0 Å². The van der Waals surface area contributed by atoms with Gasteiger partial charge in [0.15, 0.2) is 0 Å². The third-order valence-electron chi connectivity index (χ3n) is 7.30. The van der Waals surface area contributed by atoms with Crippen LogP contribution >= 0.6 is 0 Å². The highest BCUT2D eigenvalue weighted by Crippen LogP contribution is 2.30. The van der Waals surface area contributed by atoms with Crippen LogP contribution in [0, 0.1) is 5.92 Å².